The van der Waals surface area contributed by atoms with E-state index < -0.39 is 28.1 Å². The summed E-state index contributed by atoms with van der Waals surface area (Å²) >= 11 is 0. The second-order valence-corrected chi connectivity index (χ2v) is 4.16. The van der Waals surface area contributed by atoms with Crippen LogP contribution >= 0.6 is 0 Å². The zero-order valence-corrected chi connectivity index (χ0v) is 10.6. The summed E-state index contributed by atoms with van der Waals surface area (Å²) < 4.78 is 1.28. The van der Waals surface area contributed by atoms with Crippen LogP contribution in [-0.2, 0) is 6.54 Å². The average Bonchev–Trinajstić information content (AvgIpc) is 2.86. The first kappa shape index (κ1) is 14.2. The smallest absolute Gasteiger partial charge is 0.343 e. The number of hydrogen-bond acceptors (Lipinski definition) is 5. The molecule has 2 rings (SSSR count). The monoisotopic (exact) mass is 290 g/mol. The number of nitro groups is 1. The molecule has 0 bridgehead atoms. The minimum Gasteiger partial charge on any atom is -0.477 e. The van der Waals surface area contributed by atoms with E-state index in [1.54, 1.807) is 0 Å². The van der Waals surface area contributed by atoms with Crippen molar-refractivity contribution in [3.8, 4) is 0 Å². The molecule has 21 heavy (non-hydrogen) atoms. The number of benzene rings is 1. The normalized spacial score (nSPS) is 10.3. The molecule has 0 atom stereocenters. The van der Waals surface area contributed by atoms with Crippen LogP contribution in [0.25, 0.3) is 0 Å². The van der Waals surface area contributed by atoms with Crippen LogP contribution in [-0.4, -0.2) is 31.7 Å². The second kappa shape index (κ2) is 5.41. The first-order valence-corrected chi connectivity index (χ1v) is 5.72. The maximum atomic E-state index is 11.2. The lowest BCUT2D eigenvalue weighted by Gasteiger charge is -2.06. The maximum Gasteiger partial charge on any atom is 0.343 e. The van der Waals surface area contributed by atoms with E-state index in [4.69, 9.17) is 10.8 Å². The molecule has 1 amide bonds. The number of carbonyl (C=O) groups is 2. The Morgan fingerprint density at radius 1 is 1.43 bits per heavy atom. The lowest BCUT2D eigenvalue weighted by atomic mass is 10.1. The van der Waals surface area contributed by atoms with Gasteiger partial charge in [-0.2, -0.15) is 5.10 Å². The van der Waals surface area contributed by atoms with Crippen molar-refractivity contribution in [1.29, 1.82) is 0 Å². The number of primary amides is 1. The van der Waals surface area contributed by atoms with Crippen molar-refractivity contribution in [1.82, 2.24) is 9.78 Å². The molecule has 1 heterocycles. The highest BCUT2D eigenvalue weighted by atomic mass is 16.6. The van der Waals surface area contributed by atoms with Crippen LogP contribution in [0.4, 0.5) is 5.69 Å². The summed E-state index contributed by atoms with van der Waals surface area (Å²) in [5.74, 6) is -2.07. The number of aromatic carboxylic acids is 1. The van der Waals surface area contributed by atoms with Gasteiger partial charge in [0.25, 0.3) is 11.6 Å². The molecule has 0 unspecified atom stereocenters. The van der Waals surface area contributed by atoms with E-state index in [2.05, 4.69) is 5.10 Å². The molecule has 0 spiro atoms. The van der Waals surface area contributed by atoms with Crippen molar-refractivity contribution in [3.05, 3.63) is 57.4 Å². The van der Waals surface area contributed by atoms with Gasteiger partial charge in [0, 0.05) is 12.3 Å². The Balaban J connectivity index is 2.43. The molecule has 9 nitrogen and oxygen atoms in total. The van der Waals surface area contributed by atoms with Gasteiger partial charge in [0.2, 0.25) is 0 Å². The molecule has 0 aliphatic heterocycles. The van der Waals surface area contributed by atoms with Gasteiger partial charge < -0.3 is 10.8 Å². The Labute approximate surface area is 117 Å². The third kappa shape index (κ3) is 2.86. The Morgan fingerprint density at radius 2 is 2.14 bits per heavy atom. The molecule has 0 saturated carbocycles. The van der Waals surface area contributed by atoms with Gasteiger partial charge >= 0.3 is 5.97 Å². The van der Waals surface area contributed by atoms with E-state index in [9.17, 15) is 19.7 Å². The van der Waals surface area contributed by atoms with Crippen LogP contribution in [0.5, 0.6) is 0 Å². The fourth-order valence-electron chi connectivity index (χ4n) is 1.87. The van der Waals surface area contributed by atoms with Crippen LogP contribution in [0, 0.1) is 10.1 Å². The number of carboxylic acid groups (broad SMARTS) is 1. The highest BCUT2D eigenvalue weighted by molar-refractivity contribution is 5.94. The molecule has 0 aliphatic rings. The minimum absolute atomic E-state index is 0.0312. The summed E-state index contributed by atoms with van der Waals surface area (Å²) in [7, 11) is 0. The number of aromatic nitrogens is 2. The van der Waals surface area contributed by atoms with Gasteiger partial charge in [-0.25, -0.2) is 4.79 Å². The maximum absolute atomic E-state index is 11.2. The second-order valence-electron chi connectivity index (χ2n) is 4.16. The Kier molecular flexibility index (Phi) is 3.65. The molecule has 0 radical (unpaired) electrons. The number of carboxylic acids is 1. The number of carbonyl (C=O) groups excluding carboxylic acids is 1. The SMILES string of the molecule is NC(=O)c1cnn(Cc2cccc([N+](=O)[O-])c2C(=O)O)c1. The van der Waals surface area contributed by atoms with Crippen molar-refractivity contribution >= 4 is 17.6 Å². The zero-order chi connectivity index (χ0) is 15.6. The van der Waals surface area contributed by atoms with Gasteiger partial charge in [0.15, 0.2) is 0 Å². The Bertz CT molecular complexity index is 737. The van der Waals surface area contributed by atoms with E-state index in [0.29, 0.717) is 0 Å². The van der Waals surface area contributed by atoms with Gasteiger partial charge in [-0.05, 0) is 5.56 Å². The van der Waals surface area contributed by atoms with Crippen molar-refractivity contribution in [2.75, 3.05) is 0 Å². The molecule has 108 valence electrons. The molecular weight excluding hydrogens is 280 g/mol. The number of amides is 1. The number of nitro benzene ring substituents is 1. The molecule has 0 fully saturated rings. The topological polar surface area (TPSA) is 141 Å². The molecule has 0 aliphatic carbocycles. The molecule has 9 heteroatoms. The summed E-state index contributed by atoms with van der Waals surface area (Å²) in [6.07, 6.45) is 2.58. The van der Waals surface area contributed by atoms with Crippen molar-refractivity contribution < 1.29 is 19.6 Å². The van der Waals surface area contributed by atoms with Gasteiger partial charge in [0.1, 0.15) is 5.56 Å². The predicted octanol–water partition coefficient (Wildman–Crippen LogP) is 0.637. The van der Waals surface area contributed by atoms with Crippen LogP contribution < -0.4 is 5.73 Å². The summed E-state index contributed by atoms with van der Waals surface area (Å²) in [6, 6.07) is 3.95. The number of hydrogen-bond donors (Lipinski definition) is 2. The summed E-state index contributed by atoms with van der Waals surface area (Å²) in [4.78, 5) is 32.3. The van der Waals surface area contributed by atoms with E-state index in [1.165, 1.54) is 29.2 Å². The highest BCUT2D eigenvalue weighted by Gasteiger charge is 2.23. The Hall–Kier alpha value is -3.23. The van der Waals surface area contributed by atoms with E-state index >= 15 is 0 Å². The van der Waals surface area contributed by atoms with Crippen LogP contribution in [0.3, 0.4) is 0 Å². The molecule has 0 saturated heterocycles. The van der Waals surface area contributed by atoms with Crippen molar-refractivity contribution in [2.24, 2.45) is 5.73 Å². The zero-order valence-electron chi connectivity index (χ0n) is 10.6. The van der Waals surface area contributed by atoms with Gasteiger partial charge in [-0.15, -0.1) is 0 Å². The van der Waals surface area contributed by atoms with Gasteiger partial charge in [-0.3, -0.25) is 19.6 Å². The first-order valence-electron chi connectivity index (χ1n) is 5.72. The average molecular weight is 290 g/mol. The van der Waals surface area contributed by atoms with Crippen LogP contribution in [0.2, 0.25) is 0 Å². The quantitative estimate of drug-likeness (QED) is 0.611. The van der Waals surface area contributed by atoms with Crippen LogP contribution in [0.15, 0.2) is 30.6 Å². The molecule has 2 aromatic rings. The summed E-state index contributed by atoms with van der Waals surface area (Å²) in [6.45, 7) is -0.0312. The van der Waals surface area contributed by atoms with E-state index in [-0.39, 0.29) is 17.7 Å². The number of nitrogens with zero attached hydrogens (tertiary/aromatic N) is 3. The largest absolute Gasteiger partial charge is 0.477 e. The first-order chi connectivity index (χ1) is 9.90. The fraction of sp³-hybridized carbons (Fsp3) is 0.0833. The summed E-state index contributed by atoms with van der Waals surface area (Å²) in [5.41, 5.74) is 4.55. The fourth-order valence-corrected chi connectivity index (χ4v) is 1.87. The number of nitrogens with two attached hydrogens (primary N) is 1. The van der Waals surface area contributed by atoms with Crippen LogP contribution in [0.1, 0.15) is 26.3 Å². The number of rotatable bonds is 5. The molecule has 1 aromatic carbocycles. The van der Waals surface area contributed by atoms with Gasteiger partial charge in [0.05, 0.1) is 23.2 Å². The summed E-state index contributed by atoms with van der Waals surface area (Å²) in [5, 5.41) is 23.9. The van der Waals surface area contributed by atoms with E-state index in [1.807, 2.05) is 0 Å². The lowest BCUT2D eigenvalue weighted by Crippen LogP contribution is -2.11. The third-order valence-corrected chi connectivity index (χ3v) is 2.79. The Morgan fingerprint density at radius 3 is 2.67 bits per heavy atom. The predicted molar refractivity (Wildman–Crippen MR) is 69.9 cm³/mol. The van der Waals surface area contributed by atoms with E-state index in [0.717, 1.165) is 6.07 Å². The third-order valence-electron chi connectivity index (χ3n) is 2.79. The molecule has 3 N–H and O–H groups in total. The lowest BCUT2D eigenvalue weighted by molar-refractivity contribution is -0.385. The molecular formula is C12H10N4O5. The van der Waals surface area contributed by atoms with Crippen molar-refractivity contribution in [3.63, 3.8) is 0 Å². The van der Waals surface area contributed by atoms with Crippen molar-refractivity contribution in [2.45, 2.75) is 6.54 Å². The highest BCUT2D eigenvalue weighted by Crippen LogP contribution is 2.23. The minimum atomic E-state index is -1.40. The van der Waals surface area contributed by atoms with Gasteiger partial charge in [-0.1, -0.05) is 12.1 Å². The molecule has 1 aromatic heterocycles. The standard InChI is InChI=1S/C12H10N4O5/c13-11(17)8-4-14-15(6-8)5-7-2-1-3-9(16(20)21)10(7)12(18)19/h1-4,6H,5H2,(H2,13,17)(H,18,19).